The van der Waals surface area contributed by atoms with E-state index in [1.807, 2.05) is 12.1 Å². The Morgan fingerprint density at radius 3 is 2.52 bits per heavy atom. The van der Waals surface area contributed by atoms with Crippen molar-refractivity contribution in [1.29, 1.82) is 5.26 Å². The van der Waals surface area contributed by atoms with Crippen molar-refractivity contribution in [2.75, 3.05) is 13.1 Å². The van der Waals surface area contributed by atoms with E-state index in [2.05, 4.69) is 21.7 Å². The second-order valence-corrected chi connectivity index (χ2v) is 7.10. The Balaban J connectivity index is 1.24. The minimum Gasteiger partial charge on any atom is -0.352 e. The van der Waals surface area contributed by atoms with E-state index in [0.717, 1.165) is 36.8 Å². The summed E-state index contributed by atoms with van der Waals surface area (Å²) in [6, 6.07) is 11.1. The summed E-state index contributed by atoms with van der Waals surface area (Å²) in [7, 11) is 0. The molecule has 3 rings (SSSR count). The van der Waals surface area contributed by atoms with E-state index in [-0.39, 0.29) is 11.9 Å². The molecule has 7 nitrogen and oxygen atoms in total. The van der Waals surface area contributed by atoms with Gasteiger partial charge >= 0.3 is 6.03 Å². The summed E-state index contributed by atoms with van der Waals surface area (Å²) in [4.78, 5) is 29.9. The molecule has 1 aliphatic heterocycles. The number of carbonyl (C=O) groups excluding carboxylic acids is 2. The highest BCUT2D eigenvalue weighted by Crippen LogP contribution is 2.23. The average Bonchev–Trinajstić information content (AvgIpc) is 3.19. The molecule has 0 aliphatic carbocycles. The molecule has 7 heteroatoms. The first-order valence-corrected chi connectivity index (χ1v) is 9.90. The highest BCUT2D eigenvalue weighted by atomic mass is 16.2. The number of nitrogens with one attached hydrogen (secondary N) is 2. The van der Waals surface area contributed by atoms with Crippen LogP contribution in [0.5, 0.6) is 0 Å². The summed E-state index contributed by atoms with van der Waals surface area (Å²) in [6.07, 6.45) is 7.00. The Bertz CT molecular complexity index is 892. The molecule has 29 heavy (non-hydrogen) atoms. The van der Waals surface area contributed by atoms with Crippen LogP contribution in [0.25, 0.3) is 0 Å². The maximum absolute atomic E-state index is 12.3. The molecule has 1 aromatic carbocycles. The third-order valence-corrected chi connectivity index (χ3v) is 4.93. The first-order chi connectivity index (χ1) is 14.2. The lowest BCUT2D eigenvalue weighted by atomic mass is 10.1. The van der Waals surface area contributed by atoms with Crippen LogP contribution in [-0.4, -0.2) is 34.9 Å². The number of unbranched alkanes of at least 4 members (excludes halogenated alkanes) is 3. The molecule has 0 fully saturated rings. The molecule has 2 N–H and O–H groups in total. The Hall–Kier alpha value is -3.40. The maximum Gasteiger partial charge on any atom is 0.318 e. The van der Waals surface area contributed by atoms with E-state index in [4.69, 9.17) is 5.26 Å². The van der Waals surface area contributed by atoms with Crippen molar-refractivity contribution in [2.24, 2.45) is 0 Å². The van der Waals surface area contributed by atoms with Crippen molar-refractivity contribution in [3.05, 3.63) is 65.0 Å². The molecule has 1 aromatic heterocycles. The van der Waals surface area contributed by atoms with E-state index in [1.165, 1.54) is 0 Å². The van der Waals surface area contributed by atoms with Gasteiger partial charge in [0.05, 0.1) is 17.2 Å². The summed E-state index contributed by atoms with van der Waals surface area (Å²) in [5, 5.41) is 14.8. The van der Waals surface area contributed by atoms with Gasteiger partial charge in [-0.3, -0.25) is 9.78 Å². The first kappa shape index (κ1) is 20.3. The van der Waals surface area contributed by atoms with Crippen LogP contribution in [0.2, 0.25) is 0 Å². The van der Waals surface area contributed by atoms with Crippen molar-refractivity contribution in [1.82, 2.24) is 20.5 Å². The van der Waals surface area contributed by atoms with E-state index >= 15 is 0 Å². The molecule has 2 aromatic rings. The van der Waals surface area contributed by atoms with Crippen LogP contribution >= 0.6 is 0 Å². The number of urea groups is 1. The first-order valence-electron chi connectivity index (χ1n) is 9.90. The number of hydrogen-bond acceptors (Lipinski definition) is 4. The third-order valence-electron chi connectivity index (χ3n) is 4.93. The van der Waals surface area contributed by atoms with Gasteiger partial charge in [0.2, 0.25) is 0 Å². The van der Waals surface area contributed by atoms with Gasteiger partial charge in [0.1, 0.15) is 0 Å². The molecule has 3 amide bonds. The van der Waals surface area contributed by atoms with Crippen LogP contribution in [0.4, 0.5) is 4.79 Å². The smallest absolute Gasteiger partial charge is 0.318 e. The van der Waals surface area contributed by atoms with Crippen LogP contribution in [0, 0.1) is 11.3 Å². The van der Waals surface area contributed by atoms with Gasteiger partial charge in [-0.05, 0) is 48.2 Å². The van der Waals surface area contributed by atoms with Gasteiger partial charge in [-0.1, -0.05) is 18.9 Å². The van der Waals surface area contributed by atoms with Gasteiger partial charge in [-0.15, -0.1) is 0 Å². The SMILES string of the molecule is N#Cc1ccc2c(c1)CN(C(=O)NCCCCCCNC(=O)c1cccnc1)C2. The normalized spacial score (nSPS) is 12.2. The number of nitrogens with zero attached hydrogens (tertiary/aromatic N) is 3. The van der Waals surface area contributed by atoms with Crippen LogP contribution in [0.3, 0.4) is 0 Å². The highest BCUT2D eigenvalue weighted by molar-refractivity contribution is 5.93. The second kappa shape index (κ2) is 10.2. The lowest BCUT2D eigenvalue weighted by molar-refractivity contribution is 0.0952. The summed E-state index contributed by atoms with van der Waals surface area (Å²) in [6.45, 7) is 2.41. The molecular weight excluding hydrogens is 366 g/mol. The molecule has 1 aliphatic rings. The molecule has 0 unspecified atom stereocenters. The van der Waals surface area contributed by atoms with Crippen molar-refractivity contribution >= 4 is 11.9 Å². The number of fused-ring (bicyclic) bond motifs is 1. The summed E-state index contributed by atoms with van der Waals surface area (Å²) < 4.78 is 0. The molecule has 0 spiro atoms. The van der Waals surface area contributed by atoms with Gasteiger partial charge in [0, 0.05) is 38.6 Å². The number of nitriles is 1. The molecule has 2 heterocycles. The van der Waals surface area contributed by atoms with Crippen LogP contribution in [-0.2, 0) is 13.1 Å². The monoisotopic (exact) mass is 391 g/mol. The quantitative estimate of drug-likeness (QED) is 0.676. The van der Waals surface area contributed by atoms with Crippen molar-refractivity contribution < 1.29 is 9.59 Å². The Kier molecular flexibility index (Phi) is 7.17. The number of carbonyl (C=O) groups is 2. The number of aromatic nitrogens is 1. The minimum absolute atomic E-state index is 0.0663. The molecule has 0 atom stereocenters. The zero-order chi connectivity index (χ0) is 20.5. The number of hydrogen-bond donors (Lipinski definition) is 2. The van der Waals surface area contributed by atoms with Crippen LogP contribution in [0.15, 0.2) is 42.7 Å². The Morgan fingerprint density at radius 2 is 1.79 bits per heavy atom. The molecule has 0 saturated carbocycles. The van der Waals surface area contributed by atoms with Crippen LogP contribution in [0.1, 0.15) is 52.7 Å². The zero-order valence-corrected chi connectivity index (χ0v) is 16.4. The zero-order valence-electron chi connectivity index (χ0n) is 16.4. The largest absolute Gasteiger partial charge is 0.352 e. The molecule has 0 bridgehead atoms. The summed E-state index contributed by atoms with van der Waals surface area (Å²) >= 11 is 0. The third kappa shape index (κ3) is 5.79. The van der Waals surface area contributed by atoms with Crippen molar-refractivity contribution in [3.63, 3.8) is 0 Å². The van der Waals surface area contributed by atoms with E-state index in [9.17, 15) is 9.59 Å². The fourth-order valence-electron chi connectivity index (χ4n) is 3.32. The molecule has 0 saturated heterocycles. The lowest BCUT2D eigenvalue weighted by Gasteiger charge is -2.16. The van der Waals surface area contributed by atoms with Crippen LogP contribution < -0.4 is 10.6 Å². The molecule has 0 radical (unpaired) electrons. The summed E-state index contributed by atoms with van der Waals surface area (Å²) in [5.41, 5.74) is 3.35. The minimum atomic E-state index is -0.0983. The lowest BCUT2D eigenvalue weighted by Crippen LogP contribution is -2.36. The number of pyridine rings is 1. The maximum atomic E-state index is 12.3. The fraction of sp³-hybridized carbons (Fsp3) is 0.364. The van der Waals surface area contributed by atoms with E-state index < -0.39 is 0 Å². The topological polar surface area (TPSA) is 98.1 Å². The predicted octanol–water partition coefficient (Wildman–Crippen LogP) is 2.97. The average molecular weight is 391 g/mol. The number of rotatable bonds is 8. The fourth-order valence-corrected chi connectivity index (χ4v) is 3.32. The van der Waals surface area contributed by atoms with Crippen molar-refractivity contribution in [2.45, 2.75) is 38.8 Å². The van der Waals surface area contributed by atoms with Gasteiger partial charge in [0.15, 0.2) is 0 Å². The van der Waals surface area contributed by atoms with Gasteiger partial charge < -0.3 is 15.5 Å². The standard InChI is InChI=1S/C22H25N5O2/c23-13-17-7-8-19-15-27(16-20(19)12-17)22(29)26-11-4-2-1-3-10-25-21(28)18-6-5-9-24-14-18/h5-9,12,14H,1-4,10-11,15-16H2,(H,25,28)(H,26,29). The predicted molar refractivity (Wildman–Crippen MR) is 109 cm³/mol. The summed E-state index contributed by atoms with van der Waals surface area (Å²) in [5.74, 6) is -0.0983. The molecular formula is C22H25N5O2. The number of benzene rings is 1. The molecule has 150 valence electrons. The Labute approximate surface area is 170 Å². The van der Waals surface area contributed by atoms with E-state index in [1.54, 1.807) is 35.5 Å². The van der Waals surface area contributed by atoms with Gasteiger partial charge in [0.25, 0.3) is 5.91 Å². The number of amides is 3. The van der Waals surface area contributed by atoms with Gasteiger partial charge in [-0.2, -0.15) is 5.26 Å². The van der Waals surface area contributed by atoms with Gasteiger partial charge in [-0.25, -0.2) is 4.79 Å². The van der Waals surface area contributed by atoms with E-state index in [0.29, 0.717) is 37.3 Å². The van der Waals surface area contributed by atoms with Crippen molar-refractivity contribution in [3.8, 4) is 6.07 Å². The Morgan fingerprint density at radius 1 is 1.03 bits per heavy atom. The second-order valence-electron chi connectivity index (χ2n) is 7.10. The highest BCUT2D eigenvalue weighted by Gasteiger charge is 2.23.